The quantitative estimate of drug-likeness (QED) is 0.734. The highest BCUT2D eigenvalue weighted by molar-refractivity contribution is 6.09. The molecule has 0 saturated heterocycles. The molecule has 0 aliphatic carbocycles. The summed E-state index contributed by atoms with van der Waals surface area (Å²) < 4.78 is 25.5. The number of hydrogen-bond donors (Lipinski definition) is 0. The Kier molecular flexibility index (Phi) is 3.28. The molecule has 0 bridgehead atoms. The molecule has 0 unspecified atom stereocenters. The van der Waals surface area contributed by atoms with Gasteiger partial charge < -0.3 is 0 Å². The van der Waals surface area contributed by atoms with Crippen molar-refractivity contribution in [2.75, 3.05) is 0 Å². The smallest absolute Gasteiger partial charge is 0.264 e. The lowest BCUT2D eigenvalue weighted by Gasteiger charge is -2.07. The third-order valence-electron chi connectivity index (χ3n) is 2.48. The molecule has 2 aromatic rings. The number of halogens is 2. The van der Waals surface area contributed by atoms with E-state index in [1.807, 2.05) is 0 Å². The molecule has 2 aromatic carbocycles. The van der Waals surface area contributed by atoms with Crippen LogP contribution in [0.25, 0.3) is 0 Å². The molecule has 0 aliphatic rings. The van der Waals surface area contributed by atoms with Gasteiger partial charge in [0.15, 0.2) is 5.78 Å². The summed E-state index contributed by atoms with van der Waals surface area (Å²) in [6.45, 7) is 0. The van der Waals surface area contributed by atoms with E-state index in [0.29, 0.717) is 5.56 Å². The zero-order valence-electron chi connectivity index (χ0n) is 8.94. The van der Waals surface area contributed by atoms with Crippen molar-refractivity contribution >= 4 is 5.78 Å². The molecule has 0 aliphatic heterocycles. The fraction of sp³-hybridized carbons (Fsp3) is 0.0714. The van der Waals surface area contributed by atoms with Crippen molar-refractivity contribution in [3.8, 4) is 0 Å². The molecule has 0 aromatic heterocycles. The van der Waals surface area contributed by atoms with Crippen molar-refractivity contribution in [2.45, 2.75) is 6.43 Å². The summed E-state index contributed by atoms with van der Waals surface area (Å²) in [5, 5.41) is 0. The van der Waals surface area contributed by atoms with Crippen molar-refractivity contribution in [1.82, 2.24) is 0 Å². The number of carbonyl (C=O) groups excluding carboxylic acids is 1. The molecule has 3 heteroatoms. The molecule has 0 spiro atoms. The highest BCUT2D eigenvalue weighted by Crippen LogP contribution is 2.24. The average Bonchev–Trinajstić information content (AvgIpc) is 2.39. The largest absolute Gasteiger partial charge is 0.289 e. The molecule has 0 heterocycles. The standard InChI is InChI=1S/C14H10F2O/c15-14(16)12-9-5-4-8-11(12)13(17)10-6-2-1-3-7-10/h1-9,14H. The number of rotatable bonds is 3. The molecule has 0 radical (unpaired) electrons. The maximum atomic E-state index is 12.8. The molecule has 0 fully saturated rings. The topological polar surface area (TPSA) is 17.1 Å². The van der Waals surface area contributed by atoms with Gasteiger partial charge in [0.05, 0.1) is 0 Å². The fourth-order valence-electron chi connectivity index (χ4n) is 1.64. The Morgan fingerprint density at radius 1 is 0.882 bits per heavy atom. The lowest BCUT2D eigenvalue weighted by atomic mass is 9.99. The zero-order valence-corrected chi connectivity index (χ0v) is 8.94. The van der Waals surface area contributed by atoms with Crippen LogP contribution in [-0.4, -0.2) is 5.78 Å². The van der Waals surface area contributed by atoms with Gasteiger partial charge in [-0.05, 0) is 0 Å². The van der Waals surface area contributed by atoms with Crippen LogP contribution in [0, 0.1) is 0 Å². The van der Waals surface area contributed by atoms with E-state index in [1.54, 1.807) is 36.4 Å². The lowest BCUT2D eigenvalue weighted by Crippen LogP contribution is -2.05. The van der Waals surface area contributed by atoms with Gasteiger partial charge in [-0.1, -0.05) is 54.6 Å². The van der Waals surface area contributed by atoms with Crippen molar-refractivity contribution in [3.05, 3.63) is 71.3 Å². The van der Waals surface area contributed by atoms with Gasteiger partial charge >= 0.3 is 0 Å². The molecule has 0 amide bonds. The molecule has 86 valence electrons. The minimum Gasteiger partial charge on any atom is -0.289 e. The molecule has 2 rings (SSSR count). The van der Waals surface area contributed by atoms with Gasteiger partial charge in [-0.2, -0.15) is 0 Å². The van der Waals surface area contributed by atoms with Crippen LogP contribution in [0.1, 0.15) is 27.9 Å². The summed E-state index contributed by atoms with van der Waals surface area (Å²) in [6.07, 6.45) is -2.64. The molecule has 0 atom stereocenters. The van der Waals surface area contributed by atoms with Crippen LogP contribution >= 0.6 is 0 Å². The van der Waals surface area contributed by atoms with Gasteiger partial charge in [0.25, 0.3) is 6.43 Å². The van der Waals surface area contributed by atoms with Crippen LogP contribution in [0.4, 0.5) is 8.78 Å². The van der Waals surface area contributed by atoms with Crippen LogP contribution < -0.4 is 0 Å². The van der Waals surface area contributed by atoms with Gasteiger partial charge in [0.2, 0.25) is 0 Å². The van der Waals surface area contributed by atoms with Crippen molar-refractivity contribution in [2.24, 2.45) is 0 Å². The van der Waals surface area contributed by atoms with E-state index < -0.39 is 6.43 Å². The van der Waals surface area contributed by atoms with E-state index in [9.17, 15) is 13.6 Å². The predicted molar refractivity (Wildman–Crippen MR) is 61.3 cm³/mol. The average molecular weight is 232 g/mol. The SMILES string of the molecule is O=C(c1ccccc1)c1ccccc1C(F)F. The summed E-state index contributed by atoms with van der Waals surface area (Å²) in [6, 6.07) is 14.2. The van der Waals surface area contributed by atoms with E-state index in [-0.39, 0.29) is 16.9 Å². The molecular weight excluding hydrogens is 222 g/mol. The van der Waals surface area contributed by atoms with Crippen molar-refractivity contribution in [1.29, 1.82) is 0 Å². The van der Waals surface area contributed by atoms with Crippen LogP contribution in [0.2, 0.25) is 0 Å². The molecule has 1 nitrogen and oxygen atoms in total. The Morgan fingerprint density at radius 3 is 2.12 bits per heavy atom. The van der Waals surface area contributed by atoms with Gasteiger partial charge in [0, 0.05) is 16.7 Å². The molecule has 0 N–H and O–H groups in total. The molecular formula is C14H10F2O. The summed E-state index contributed by atoms with van der Waals surface area (Å²) in [7, 11) is 0. The highest BCUT2D eigenvalue weighted by Gasteiger charge is 2.18. The van der Waals surface area contributed by atoms with Gasteiger partial charge in [0.1, 0.15) is 0 Å². The van der Waals surface area contributed by atoms with E-state index in [0.717, 1.165) is 0 Å². The Balaban J connectivity index is 2.45. The third kappa shape index (κ3) is 2.38. The Labute approximate surface area is 97.7 Å². The van der Waals surface area contributed by atoms with E-state index in [4.69, 9.17) is 0 Å². The Morgan fingerprint density at radius 2 is 1.47 bits per heavy atom. The maximum Gasteiger partial charge on any atom is 0.264 e. The van der Waals surface area contributed by atoms with E-state index in [2.05, 4.69) is 0 Å². The first-order chi connectivity index (χ1) is 8.20. The minimum atomic E-state index is -2.64. The molecule has 0 saturated carbocycles. The number of benzene rings is 2. The predicted octanol–water partition coefficient (Wildman–Crippen LogP) is 3.86. The summed E-state index contributed by atoms with van der Waals surface area (Å²) in [4.78, 5) is 12.0. The van der Waals surface area contributed by atoms with Crippen LogP contribution in [-0.2, 0) is 0 Å². The van der Waals surface area contributed by atoms with Crippen molar-refractivity contribution in [3.63, 3.8) is 0 Å². The second-order valence-corrected chi connectivity index (χ2v) is 3.58. The first-order valence-electron chi connectivity index (χ1n) is 5.17. The monoisotopic (exact) mass is 232 g/mol. The van der Waals surface area contributed by atoms with Crippen LogP contribution in [0.15, 0.2) is 54.6 Å². The highest BCUT2D eigenvalue weighted by atomic mass is 19.3. The number of alkyl halides is 2. The van der Waals surface area contributed by atoms with E-state index in [1.165, 1.54) is 18.2 Å². The van der Waals surface area contributed by atoms with Gasteiger partial charge in [-0.15, -0.1) is 0 Å². The molecule has 17 heavy (non-hydrogen) atoms. The second kappa shape index (κ2) is 4.87. The Hall–Kier alpha value is -2.03. The van der Waals surface area contributed by atoms with Crippen LogP contribution in [0.3, 0.4) is 0 Å². The number of carbonyl (C=O) groups is 1. The first kappa shape index (κ1) is 11.5. The summed E-state index contributed by atoms with van der Waals surface area (Å²) in [5.74, 6) is -0.374. The first-order valence-corrected chi connectivity index (χ1v) is 5.17. The minimum absolute atomic E-state index is 0.0636. The summed E-state index contributed by atoms with van der Waals surface area (Å²) >= 11 is 0. The number of hydrogen-bond acceptors (Lipinski definition) is 1. The normalized spacial score (nSPS) is 10.5. The van der Waals surface area contributed by atoms with Crippen molar-refractivity contribution < 1.29 is 13.6 Å². The van der Waals surface area contributed by atoms with E-state index >= 15 is 0 Å². The third-order valence-corrected chi connectivity index (χ3v) is 2.48. The van der Waals surface area contributed by atoms with Gasteiger partial charge in [-0.3, -0.25) is 4.79 Å². The lowest BCUT2D eigenvalue weighted by molar-refractivity contribution is 0.102. The maximum absolute atomic E-state index is 12.8. The second-order valence-electron chi connectivity index (χ2n) is 3.58. The summed E-state index contributed by atoms with van der Waals surface area (Å²) in [5.41, 5.74) is 0.260. The fourth-order valence-corrected chi connectivity index (χ4v) is 1.64. The number of ketones is 1. The zero-order chi connectivity index (χ0) is 12.3. The van der Waals surface area contributed by atoms with Crippen LogP contribution in [0.5, 0.6) is 0 Å². The van der Waals surface area contributed by atoms with Gasteiger partial charge in [-0.25, -0.2) is 8.78 Å². The Bertz CT molecular complexity index is 521.